The zero-order valence-corrected chi connectivity index (χ0v) is 18.2. The van der Waals surface area contributed by atoms with Gasteiger partial charge < -0.3 is 20.4 Å². The molecule has 2 aromatic carbocycles. The summed E-state index contributed by atoms with van der Waals surface area (Å²) in [6.45, 7) is 3.63. The summed E-state index contributed by atoms with van der Waals surface area (Å²) in [7, 11) is 1.85. The summed E-state index contributed by atoms with van der Waals surface area (Å²) in [6, 6.07) is 17.9. The molecule has 1 aliphatic rings. The van der Waals surface area contributed by atoms with E-state index in [4.69, 9.17) is 11.6 Å². The number of likely N-dealkylation sites (tertiary alicyclic amines) is 1. The van der Waals surface area contributed by atoms with E-state index in [-0.39, 0.29) is 30.9 Å². The van der Waals surface area contributed by atoms with Crippen molar-refractivity contribution in [3.8, 4) is 0 Å². The molecular formula is C23H31ClN4O2+2. The molecule has 160 valence electrons. The molecule has 0 radical (unpaired) electrons. The number of amides is 2. The lowest BCUT2D eigenvalue weighted by Gasteiger charge is -2.30. The second kappa shape index (κ2) is 11.1. The smallest absolute Gasteiger partial charge is 0.279 e. The van der Waals surface area contributed by atoms with Crippen molar-refractivity contribution >= 4 is 29.1 Å². The number of para-hydroxylation sites is 1. The van der Waals surface area contributed by atoms with Crippen LogP contribution in [0.4, 0.5) is 5.69 Å². The molecule has 30 heavy (non-hydrogen) atoms. The van der Waals surface area contributed by atoms with Crippen molar-refractivity contribution in [1.29, 1.82) is 0 Å². The van der Waals surface area contributed by atoms with Crippen LogP contribution in [0.3, 0.4) is 0 Å². The number of nitrogens with one attached hydrogen (secondary N) is 4. The van der Waals surface area contributed by atoms with Crippen LogP contribution in [0, 0.1) is 0 Å². The van der Waals surface area contributed by atoms with Gasteiger partial charge in [-0.25, -0.2) is 0 Å². The predicted molar refractivity (Wildman–Crippen MR) is 119 cm³/mol. The first-order chi connectivity index (χ1) is 14.5. The maximum absolute atomic E-state index is 12.4. The Morgan fingerprint density at radius 3 is 2.33 bits per heavy atom. The molecule has 1 fully saturated rings. The minimum Gasteiger partial charge on any atom is -0.348 e. The van der Waals surface area contributed by atoms with Crippen molar-refractivity contribution in [2.75, 3.05) is 38.5 Å². The Morgan fingerprint density at radius 1 is 1.00 bits per heavy atom. The molecule has 3 rings (SSSR count). The van der Waals surface area contributed by atoms with Crippen molar-refractivity contribution < 1.29 is 19.4 Å². The molecule has 0 saturated carbocycles. The van der Waals surface area contributed by atoms with Crippen LogP contribution in [0.15, 0.2) is 54.6 Å². The fourth-order valence-corrected chi connectivity index (χ4v) is 4.06. The molecule has 0 aliphatic carbocycles. The molecule has 0 spiro atoms. The number of hydrogen-bond acceptors (Lipinski definition) is 2. The van der Waals surface area contributed by atoms with Crippen LogP contribution in [0.25, 0.3) is 0 Å². The van der Waals surface area contributed by atoms with E-state index in [9.17, 15) is 9.59 Å². The summed E-state index contributed by atoms with van der Waals surface area (Å²) in [5.74, 6) is -0.166. The third-order valence-corrected chi connectivity index (χ3v) is 5.76. The molecule has 0 aromatic heterocycles. The lowest BCUT2D eigenvalue weighted by molar-refractivity contribution is -0.918. The highest BCUT2D eigenvalue weighted by Crippen LogP contribution is 2.19. The molecule has 7 heteroatoms. The number of carbonyl (C=O) groups excluding carboxylic acids is 2. The first kappa shape index (κ1) is 22.3. The molecule has 1 unspecified atom stereocenters. The summed E-state index contributed by atoms with van der Waals surface area (Å²) in [4.78, 5) is 27.0. The van der Waals surface area contributed by atoms with Gasteiger partial charge in [0, 0.05) is 24.4 Å². The van der Waals surface area contributed by atoms with Crippen LogP contribution in [0.2, 0.25) is 5.02 Å². The first-order valence-corrected chi connectivity index (χ1v) is 10.9. The van der Waals surface area contributed by atoms with Crippen LogP contribution >= 0.6 is 11.6 Å². The van der Waals surface area contributed by atoms with Crippen LogP contribution in [-0.4, -0.2) is 51.1 Å². The zero-order chi connectivity index (χ0) is 21.3. The van der Waals surface area contributed by atoms with Gasteiger partial charge in [-0.3, -0.25) is 9.59 Å². The fourth-order valence-electron chi connectivity index (χ4n) is 3.88. The average Bonchev–Trinajstić information content (AvgIpc) is 2.72. The topological polar surface area (TPSA) is 67.1 Å². The van der Waals surface area contributed by atoms with Gasteiger partial charge in [-0.2, -0.15) is 0 Å². The van der Waals surface area contributed by atoms with Gasteiger partial charge in [0.15, 0.2) is 13.1 Å². The van der Waals surface area contributed by atoms with Gasteiger partial charge >= 0.3 is 0 Å². The summed E-state index contributed by atoms with van der Waals surface area (Å²) in [6.07, 6.45) is 1.97. The van der Waals surface area contributed by atoms with E-state index in [1.54, 1.807) is 17.0 Å². The van der Waals surface area contributed by atoms with E-state index in [0.29, 0.717) is 10.7 Å². The van der Waals surface area contributed by atoms with Crippen LogP contribution < -0.4 is 20.4 Å². The van der Waals surface area contributed by atoms with E-state index >= 15 is 0 Å². The monoisotopic (exact) mass is 430 g/mol. The van der Waals surface area contributed by atoms with E-state index in [1.165, 1.54) is 5.56 Å². The average molecular weight is 431 g/mol. The predicted octanol–water partition coefficient (Wildman–Crippen LogP) is 0.157. The molecular weight excluding hydrogens is 400 g/mol. The molecule has 6 nitrogen and oxygen atoms in total. The maximum atomic E-state index is 12.4. The van der Waals surface area contributed by atoms with Gasteiger partial charge in [0.1, 0.15) is 6.54 Å². The second-order valence-electron chi connectivity index (χ2n) is 8.09. The zero-order valence-electron chi connectivity index (χ0n) is 17.4. The highest BCUT2D eigenvalue weighted by Gasteiger charge is 2.24. The molecule has 2 aromatic rings. The number of anilines is 1. The fraction of sp³-hybridized carbons (Fsp3) is 0.391. The normalized spacial score (nSPS) is 19.7. The third-order valence-electron chi connectivity index (χ3n) is 5.43. The number of hydrogen-bond donors (Lipinski definition) is 4. The van der Waals surface area contributed by atoms with Crippen LogP contribution in [0.5, 0.6) is 0 Å². The minimum absolute atomic E-state index is 0.00504. The Labute approximate surface area is 183 Å². The van der Waals surface area contributed by atoms with Crippen LogP contribution in [0.1, 0.15) is 18.4 Å². The highest BCUT2D eigenvalue weighted by atomic mass is 35.5. The SMILES string of the molecule is C[NH+](CC(=O)Nc1ccccc1Cl)CC(=O)NC1CC[NH+](Cc2ccccc2)CC1. The Bertz CT molecular complexity index is 838. The van der Waals surface area contributed by atoms with Gasteiger partial charge in [0.05, 0.1) is 30.8 Å². The van der Waals surface area contributed by atoms with Gasteiger partial charge in [-0.1, -0.05) is 54.1 Å². The number of carbonyl (C=O) groups is 2. The van der Waals surface area contributed by atoms with Crippen LogP contribution in [-0.2, 0) is 16.1 Å². The molecule has 1 aliphatic heterocycles. The maximum Gasteiger partial charge on any atom is 0.279 e. The Kier molecular flexibility index (Phi) is 8.25. The van der Waals surface area contributed by atoms with Gasteiger partial charge in [-0.15, -0.1) is 0 Å². The first-order valence-electron chi connectivity index (χ1n) is 10.5. The third kappa shape index (κ3) is 7.13. The van der Waals surface area contributed by atoms with Crippen molar-refractivity contribution in [3.05, 3.63) is 65.2 Å². The number of halogens is 1. The number of likely N-dealkylation sites (N-methyl/N-ethyl adjacent to an activating group) is 1. The summed E-state index contributed by atoms with van der Waals surface area (Å²) < 4.78 is 0. The number of piperidine rings is 1. The number of benzene rings is 2. The molecule has 0 bridgehead atoms. The van der Waals surface area contributed by atoms with Gasteiger partial charge in [-0.05, 0) is 12.1 Å². The minimum atomic E-state index is -0.161. The highest BCUT2D eigenvalue weighted by molar-refractivity contribution is 6.33. The van der Waals surface area contributed by atoms with Crippen molar-refractivity contribution in [2.45, 2.75) is 25.4 Å². The van der Waals surface area contributed by atoms with Gasteiger partial charge in [0.25, 0.3) is 11.8 Å². The number of quaternary nitrogens is 2. The largest absolute Gasteiger partial charge is 0.348 e. The van der Waals surface area contributed by atoms with Crippen molar-refractivity contribution in [3.63, 3.8) is 0 Å². The standard InChI is InChI=1S/C23H29ClN4O2/c1-27(17-23(30)26-21-10-6-5-9-20(21)24)16-22(29)25-19-11-13-28(14-12-19)15-18-7-3-2-4-8-18/h2-10,19H,11-17H2,1H3,(H,25,29)(H,26,30)/p+2. The summed E-state index contributed by atoms with van der Waals surface area (Å²) >= 11 is 6.07. The molecule has 4 N–H and O–H groups in total. The van der Waals surface area contributed by atoms with E-state index in [2.05, 4.69) is 34.9 Å². The molecule has 1 heterocycles. The van der Waals surface area contributed by atoms with Crippen molar-refractivity contribution in [1.82, 2.24) is 5.32 Å². The summed E-state index contributed by atoms with van der Waals surface area (Å²) in [5.41, 5.74) is 1.95. The second-order valence-corrected chi connectivity index (χ2v) is 8.50. The lowest BCUT2D eigenvalue weighted by atomic mass is 10.0. The quantitative estimate of drug-likeness (QED) is 0.482. The molecule has 2 amide bonds. The van der Waals surface area contributed by atoms with E-state index in [1.807, 2.05) is 25.2 Å². The van der Waals surface area contributed by atoms with Gasteiger partial charge in [0.2, 0.25) is 0 Å². The molecule has 1 saturated heterocycles. The Balaban J connectivity index is 1.35. The van der Waals surface area contributed by atoms with Crippen molar-refractivity contribution in [2.24, 2.45) is 0 Å². The molecule has 1 atom stereocenters. The van der Waals surface area contributed by atoms with E-state index < -0.39 is 0 Å². The lowest BCUT2D eigenvalue weighted by Crippen LogP contribution is -3.12. The Hall–Kier alpha value is -2.41. The summed E-state index contributed by atoms with van der Waals surface area (Å²) in [5, 5.41) is 6.44. The van der Waals surface area contributed by atoms with E-state index in [0.717, 1.165) is 37.4 Å². The Morgan fingerprint density at radius 2 is 1.63 bits per heavy atom. The number of rotatable bonds is 8.